The molecule has 0 saturated heterocycles. The van der Waals surface area contributed by atoms with Gasteiger partial charge in [-0.2, -0.15) is 4.39 Å². The topological polar surface area (TPSA) is 121 Å². The van der Waals surface area contributed by atoms with Gasteiger partial charge < -0.3 is 25.3 Å². The smallest absolute Gasteiger partial charge is 0.283 e. The minimum absolute atomic E-state index is 0.0193. The number of nitrogens with one attached hydrogen (secondary N) is 1. The van der Waals surface area contributed by atoms with Crippen molar-refractivity contribution < 1.29 is 23.4 Å². The van der Waals surface area contributed by atoms with Crippen LogP contribution in [0.1, 0.15) is 40.2 Å². The molecule has 1 atom stereocenters. The molecule has 3 aliphatic rings. The Balaban J connectivity index is 1.46. The second-order valence-corrected chi connectivity index (χ2v) is 9.22. The summed E-state index contributed by atoms with van der Waals surface area (Å²) in [6, 6.07) is 9.91. The van der Waals surface area contributed by atoms with E-state index in [1.807, 2.05) is 6.08 Å². The molecular weight excluding hydrogens is 501 g/mol. The molecule has 3 N–H and O–H groups in total. The van der Waals surface area contributed by atoms with Crippen LogP contribution in [0.3, 0.4) is 0 Å². The Bertz CT molecular complexity index is 1480. The van der Waals surface area contributed by atoms with E-state index in [-0.39, 0.29) is 24.1 Å². The number of rotatable bonds is 3. The molecule has 3 aliphatic heterocycles. The van der Waals surface area contributed by atoms with Gasteiger partial charge in [0.15, 0.2) is 5.75 Å². The van der Waals surface area contributed by atoms with Gasteiger partial charge in [-0.1, -0.05) is 17.7 Å². The van der Waals surface area contributed by atoms with Crippen LogP contribution in [0.2, 0.25) is 5.02 Å². The highest BCUT2D eigenvalue weighted by Crippen LogP contribution is 2.53. The molecule has 0 unspecified atom stereocenters. The molecule has 0 aliphatic carbocycles. The van der Waals surface area contributed by atoms with Gasteiger partial charge in [0.25, 0.3) is 17.9 Å². The van der Waals surface area contributed by atoms with Gasteiger partial charge in [0.1, 0.15) is 17.0 Å². The molecule has 1 spiro atoms. The lowest BCUT2D eigenvalue weighted by Gasteiger charge is -2.39. The molecular formula is C26H21ClFN5O4. The Hall–Kier alpha value is -4.02. The van der Waals surface area contributed by atoms with Crippen molar-refractivity contribution in [2.45, 2.75) is 18.4 Å². The first kappa shape index (κ1) is 23.4. The Morgan fingerprint density at radius 3 is 2.81 bits per heavy atom. The van der Waals surface area contributed by atoms with Gasteiger partial charge >= 0.3 is 0 Å². The van der Waals surface area contributed by atoms with E-state index in [4.69, 9.17) is 31.5 Å². The molecule has 9 nitrogen and oxygen atoms in total. The lowest BCUT2D eigenvalue weighted by atomic mass is 9.77. The minimum atomic E-state index is -1.11. The molecule has 0 fully saturated rings. The fourth-order valence-electron chi connectivity index (χ4n) is 4.76. The number of aliphatic imine (C=N–C) groups is 1. The summed E-state index contributed by atoms with van der Waals surface area (Å²) >= 11 is 5.88. The number of amidine groups is 1. The molecule has 1 aromatic carbocycles. The van der Waals surface area contributed by atoms with E-state index in [1.165, 1.54) is 12.3 Å². The first-order valence-electron chi connectivity index (χ1n) is 11.6. The van der Waals surface area contributed by atoms with Crippen LogP contribution >= 0.6 is 11.6 Å². The molecule has 3 aromatic rings. The molecule has 1 amide bonds. The Morgan fingerprint density at radius 2 is 2.05 bits per heavy atom. The SMILES string of the molecule is NC1=N[C@@]2(CCO1)c1cc(NC(=O)c3ccc(Cl)cn3)ccc1Oc1c2cc(C2=CCCOC2)nc1F. The summed E-state index contributed by atoms with van der Waals surface area (Å²) in [7, 11) is 0. The molecule has 0 bridgehead atoms. The lowest BCUT2D eigenvalue weighted by Crippen LogP contribution is -2.39. The van der Waals surface area contributed by atoms with Crippen molar-refractivity contribution in [3.63, 3.8) is 0 Å². The highest BCUT2D eigenvalue weighted by molar-refractivity contribution is 6.30. The zero-order valence-corrected chi connectivity index (χ0v) is 20.2. The van der Waals surface area contributed by atoms with Gasteiger partial charge in [-0.25, -0.2) is 15.0 Å². The number of ether oxygens (including phenoxy) is 3. The first-order chi connectivity index (χ1) is 17.9. The average molecular weight is 522 g/mol. The zero-order chi connectivity index (χ0) is 25.6. The van der Waals surface area contributed by atoms with Gasteiger partial charge in [-0.05, 0) is 48.4 Å². The van der Waals surface area contributed by atoms with Gasteiger partial charge in [0.2, 0.25) is 0 Å². The maximum atomic E-state index is 15.4. The number of hydrogen-bond donors (Lipinski definition) is 2. The second-order valence-electron chi connectivity index (χ2n) is 8.78. The molecule has 37 heavy (non-hydrogen) atoms. The van der Waals surface area contributed by atoms with Crippen LogP contribution in [0, 0.1) is 5.95 Å². The minimum Gasteiger partial charge on any atom is -0.465 e. The molecule has 5 heterocycles. The number of carbonyl (C=O) groups excluding carboxylic acids is 1. The predicted octanol–water partition coefficient (Wildman–Crippen LogP) is 4.41. The van der Waals surface area contributed by atoms with Gasteiger partial charge in [0, 0.05) is 29.4 Å². The van der Waals surface area contributed by atoms with Crippen molar-refractivity contribution in [3.05, 3.63) is 82.2 Å². The second kappa shape index (κ2) is 9.13. The summed E-state index contributed by atoms with van der Waals surface area (Å²) in [5.74, 6) is -0.814. The van der Waals surface area contributed by atoms with Crippen molar-refractivity contribution in [3.8, 4) is 11.5 Å². The number of nitrogens with zero attached hydrogens (tertiary/aromatic N) is 3. The van der Waals surface area contributed by atoms with Crippen LogP contribution in [0.5, 0.6) is 11.5 Å². The van der Waals surface area contributed by atoms with Crippen molar-refractivity contribution in [2.24, 2.45) is 10.7 Å². The third-order valence-electron chi connectivity index (χ3n) is 6.49. The summed E-state index contributed by atoms with van der Waals surface area (Å²) < 4.78 is 32.4. The van der Waals surface area contributed by atoms with Crippen LogP contribution < -0.4 is 15.8 Å². The molecule has 6 rings (SSSR count). The van der Waals surface area contributed by atoms with Crippen LogP contribution in [0.25, 0.3) is 5.57 Å². The number of amides is 1. The van der Waals surface area contributed by atoms with E-state index in [9.17, 15) is 4.79 Å². The molecule has 0 radical (unpaired) electrons. The first-order valence-corrected chi connectivity index (χ1v) is 12.0. The maximum absolute atomic E-state index is 15.4. The number of anilines is 1. The number of aromatic nitrogens is 2. The number of carbonyl (C=O) groups is 1. The fraction of sp³-hybridized carbons (Fsp3) is 0.231. The third-order valence-corrected chi connectivity index (χ3v) is 6.71. The van der Waals surface area contributed by atoms with E-state index in [2.05, 4.69) is 20.3 Å². The van der Waals surface area contributed by atoms with Crippen LogP contribution in [0.15, 0.2) is 53.7 Å². The molecule has 0 saturated carbocycles. The number of benzene rings is 1. The maximum Gasteiger partial charge on any atom is 0.283 e. The van der Waals surface area contributed by atoms with Gasteiger partial charge in [0.05, 0.1) is 30.5 Å². The van der Waals surface area contributed by atoms with Crippen LogP contribution in [-0.2, 0) is 15.0 Å². The average Bonchev–Trinajstić information content (AvgIpc) is 2.90. The van der Waals surface area contributed by atoms with E-state index >= 15 is 4.39 Å². The summed E-state index contributed by atoms with van der Waals surface area (Å²) in [5, 5.41) is 3.26. The summed E-state index contributed by atoms with van der Waals surface area (Å²) in [6.07, 6.45) is 4.47. The zero-order valence-electron chi connectivity index (χ0n) is 19.5. The third kappa shape index (κ3) is 4.17. The Labute approximate surface area is 216 Å². The standard InChI is InChI=1S/C26H21ClFN5O4/c27-15-3-5-19(30-12-15)24(34)31-16-4-6-21-17(10-16)26(7-9-36-25(29)33-26)18-11-20(14-2-1-8-35-13-14)32-23(28)22(18)37-21/h2-6,10-12H,1,7-9,13H2,(H2,29,33)(H,31,34)/t26-/m0/s1. The largest absolute Gasteiger partial charge is 0.465 e. The number of nitrogens with two attached hydrogens (primary N) is 1. The molecule has 2 aromatic heterocycles. The van der Waals surface area contributed by atoms with Crippen molar-refractivity contribution in [1.29, 1.82) is 0 Å². The number of hydrogen-bond acceptors (Lipinski definition) is 8. The number of pyridine rings is 2. The van der Waals surface area contributed by atoms with Crippen molar-refractivity contribution in [1.82, 2.24) is 9.97 Å². The van der Waals surface area contributed by atoms with Crippen LogP contribution in [-0.4, -0.2) is 41.7 Å². The lowest BCUT2D eigenvalue weighted by molar-refractivity contribution is 0.102. The Morgan fingerprint density at radius 1 is 1.16 bits per heavy atom. The van der Waals surface area contributed by atoms with Crippen molar-refractivity contribution in [2.75, 3.05) is 25.1 Å². The summed E-state index contributed by atoms with van der Waals surface area (Å²) in [5.41, 5.74) is 7.92. The van der Waals surface area contributed by atoms with Crippen molar-refractivity contribution >= 4 is 34.8 Å². The van der Waals surface area contributed by atoms with Crippen LogP contribution in [0.4, 0.5) is 10.1 Å². The van der Waals surface area contributed by atoms with E-state index < -0.39 is 17.4 Å². The predicted molar refractivity (Wildman–Crippen MR) is 134 cm³/mol. The normalized spacial score (nSPS) is 20.1. The van der Waals surface area contributed by atoms with E-state index in [1.54, 1.807) is 30.3 Å². The number of fused-ring (bicyclic) bond motifs is 4. The van der Waals surface area contributed by atoms with E-state index in [0.717, 1.165) is 5.57 Å². The summed E-state index contributed by atoms with van der Waals surface area (Å²) in [4.78, 5) is 25.7. The van der Waals surface area contributed by atoms with Gasteiger partial charge in [-0.3, -0.25) is 4.79 Å². The summed E-state index contributed by atoms with van der Waals surface area (Å²) in [6.45, 7) is 1.19. The van der Waals surface area contributed by atoms with E-state index in [0.29, 0.717) is 59.3 Å². The molecule has 188 valence electrons. The van der Waals surface area contributed by atoms with Gasteiger partial charge in [-0.15, -0.1) is 0 Å². The Kier molecular flexibility index (Phi) is 5.77. The highest BCUT2D eigenvalue weighted by Gasteiger charge is 2.46. The fourth-order valence-corrected chi connectivity index (χ4v) is 4.87. The highest BCUT2D eigenvalue weighted by atomic mass is 35.5. The molecule has 11 heteroatoms. The monoisotopic (exact) mass is 521 g/mol. The number of halogens is 2. The quantitative estimate of drug-likeness (QED) is 0.490.